The molecule has 3 heterocycles. The maximum Gasteiger partial charge on any atom is 0.435 e. The maximum absolute atomic E-state index is 14.5. The summed E-state index contributed by atoms with van der Waals surface area (Å²) in [7, 11) is 1.34. The summed E-state index contributed by atoms with van der Waals surface area (Å²) in [5.41, 5.74) is -0.904. The van der Waals surface area contributed by atoms with E-state index in [4.69, 9.17) is 9.47 Å². The average molecular weight is 553 g/mol. The SMILES string of the molecule is CC#CC(=O)N1CCCCC1c1nc(-c2ccc(Oc3cccc(OC)c3F)cc2)c2c(C(F)(F)F)nccn12. The summed E-state index contributed by atoms with van der Waals surface area (Å²) in [5.74, 6) is 4.55. The topological polar surface area (TPSA) is 69.0 Å². The summed E-state index contributed by atoms with van der Waals surface area (Å²) >= 11 is 0. The number of halogens is 4. The Labute approximate surface area is 227 Å². The molecule has 0 saturated carbocycles. The smallest absolute Gasteiger partial charge is 0.435 e. The van der Waals surface area contributed by atoms with Gasteiger partial charge in [-0.2, -0.15) is 17.6 Å². The van der Waals surface area contributed by atoms with E-state index in [1.165, 1.54) is 42.0 Å². The molecule has 1 amide bonds. The minimum atomic E-state index is -4.75. The minimum Gasteiger partial charge on any atom is -0.494 e. The van der Waals surface area contributed by atoms with Gasteiger partial charge in [0, 0.05) is 24.5 Å². The largest absolute Gasteiger partial charge is 0.494 e. The summed E-state index contributed by atoms with van der Waals surface area (Å²) in [6, 6.07) is 9.99. The zero-order valence-electron chi connectivity index (χ0n) is 21.6. The zero-order valence-corrected chi connectivity index (χ0v) is 21.6. The Morgan fingerprint density at radius 3 is 2.55 bits per heavy atom. The highest BCUT2D eigenvalue weighted by molar-refractivity contribution is 5.93. The molecule has 0 spiro atoms. The van der Waals surface area contributed by atoms with Crippen molar-refractivity contribution in [2.75, 3.05) is 13.7 Å². The molecule has 0 bridgehead atoms. The fourth-order valence-corrected chi connectivity index (χ4v) is 4.86. The number of likely N-dealkylation sites (tertiary alicyclic amines) is 1. The number of aromatic nitrogens is 3. The molecule has 2 aromatic carbocycles. The second-order valence-corrected chi connectivity index (χ2v) is 9.09. The van der Waals surface area contributed by atoms with Crippen LogP contribution >= 0.6 is 0 Å². The first-order valence-electron chi connectivity index (χ1n) is 12.5. The highest BCUT2D eigenvalue weighted by Crippen LogP contribution is 2.40. The molecule has 1 atom stereocenters. The third-order valence-corrected chi connectivity index (χ3v) is 6.65. The fraction of sp³-hybridized carbons (Fsp3) is 0.276. The van der Waals surface area contributed by atoms with E-state index in [0.29, 0.717) is 24.4 Å². The Kier molecular flexibility index (Phi) is 7.34. The van der Waals surface area contributed by atoms with Crippen molar-refractivity contribution in [3.05, 3.63) is 72.2 Å². The Hall–Kier alpha value is -4.59. The van der Waals surface area contributed by atoms with Gasteiger partial charge in [-0.25, -0.2) is 9.97 Å². The summed E-state index contributed by atoms with van der Waals surface area (Å²) in [5, 5.41) is 0. The number of imidazole rings is 1. The molecule has 11 heteroatoms. The van der Waals surface area contributed by atoms with Gasteiger partial charge in [0.2, 0.25) is 5.82 Å². The summed E-state index contributed by atoms with van der Waals surface area (Å²) < 4.78 is 68.9. The highest BCUT2D eigenvalue weighted by Gasteiger charge is 2.39. The number of alkyl halides is 3. The van der Waals surface area contributed by atoms with E-state index in [2.05, 4.69) is 21.8 Å². The van der Waals surface area contributed by atoms with Crippen LogP contribution < -0.4 is 9.47 Å². The summed E-state index contributed by atoms with van der Waals surface area (Å²) in [6.45, 7) is 1.98. The maximum atomic E-state index is 14.5. The molecule has 1 aliphatic heterocycles. The molecule has 7 nitrogen and oxygen atoms in total. The first-order chi connectivity index (χ1) is 19.2. The van der Waals surface area contributed by atoms with Crippen LogP contribution in [0.25, 0.3) is 16.8 Å². The third kappa shape index (κ3) is 5.04. The number of piperidine rings is 1. The number of carbonyl (C=O) groups is 1. The van der Waals surface area contributed by atoms with Crippen molar-refractivity contribution in [3.8, 4) is 40.3 Å². The fourth-order valence-electron chi connectivity index (χ4n) is 4.86. The van der Waals surface area contributed by atoms with Crippen LogP contribution in [-0.4, -0.2) is 38.8 Å². The lowest BCUT2D eigenvalue weighted by molar-refractivity contribution is -0.140. The molecule has 1 aliphatic rings. The van der Waals surface area contributed by atoms with Crippen LogP contribution in [0.15, 0.2) is 54.9 Å². The van der Waals surface area contributed by atoms with Crippen LogP contribution in [-0.2, 0) is 11.0 Å². The number of hydrogen-bond donors (Lipinski definition) is 0. The second-order valence-electron chi connectivity index (χ2n) is 9.09. The number of fused-ring (bicyclic) bond motifs is 1. The Morgan fingerprint density at radius 2 is 1.85 bits per heavy atom. The quantitative estimate of drug-likeness (QED) is 0.211. The molecular weight excluding hydrogens is 528 g/mol. The number of rotatable bonds is 5. The van der Waals surface area contributed by atoms with Crippen LogP contribution in [0.5, 0.6) is 17.2 Å². The predicted molar refractivity (Wildman–Crippen MR) is 138 cm³/mol. The first-order valence-corrected chi connectivity index (χ1v) is 12.5. The predicted octanol–water partition coefficient (Wildman–Crippen LogP) is 6.43. The number of methoxy groups -OCH3 is 1. The van der Waals surface area contributed by atoms with Crippen molar-refractivity contribution in [3.63, 3.8) is 0 Å². The van der Waals surface area contributed by atoms with Crippen LogP contribution in [0, 0.1) is 17.7 Å². The Balaban J connectivity index is 1.60. The molecule has 1 saturated heterocycles. The van der Waals surface area contributed by atoms with E-state index in [1.54, 1.807) is 30.0 Å². The number of benzene rings is 2. The van der Waals surface area contributed by atoms with Crippen LogP contribution in [0.2, 0.25) is 0 Å². The van der Waals surface area contributed by atoms with Gasteiger partial charge >= 0.3 is 6.18 Å². The van der Waals surface area contributed by atoms with Gasteiger partial charge in [0.05, 0.1) is 18.8 Å². The third-order valence-electron chi connectivity index (χ3n) is 6.65. The molecule has 5 rings (SSSR count). The molecule has 2 aromatic heterocycles. The molecule has 1 fully saturated rings. The van der Waals surface area contributed by atoms with Crippen LogP contribution in [0.3, 0.4) is 0 Å². The first kappa shape index (κ1) is 27.0. The van der Waals surface area contributed by atoms with Gasteiger partial charge in [0.15, 0.2) is 17.2 Å². The summed E-state index contributed by atoms with van der Waals surface area (Å²) in [6.07, 6.45) is -0.195. The van der Waals surface area contributed by atoms with Crippen molar-refractivity contribution in [1.82, 2.24) is 19.3 Å². The van der Waals surface area contributed by atoms with E-state index in [0.717, 1.165) is 19.0 Å². The second kappa shape index (κ2) is 10.9. The molecule has 1 unspecified atom stereocenters. The van der Waals surface area contributed by atoms with Gasteiger partial charge < -0.3 is 14.4 Å². The lowest BCUT2D eigenvalue weighted by Gasteiger charge is -2.33. The van der Waals surface area contributed by atoms with Crippen LogP contribution in [0.1, 0.15) is 43.7 Å². The monoisotopic (exact) mass is 552 g/mol. The zero-order chi connectivity index (χ0) is 28.4. The standard InChI is InChI=1S/C29H24F4N4O3/c1-3-7-23(38)36-16-5-4-8-20(36)28-35-25(26-27(29(31,32)33)34-15-17-37(26)28)18-11-13-19(14-12-18)40-22-10-6-9-21(39-2)24(22)30/h6,9-15,17,20H,4-5,8,16H2,1-2H3. The van der Waals surface area contributed by atoms with E-state index >= 15 is 0 Å². The molecule has 0 aliphatic carbocycles. The minimum absolute atomic E-state index is 0.0125. The molecule has 0 N–H and O–H groups in total. The number of hydrogen-bond acceptors (Lipinski definition) is 5. The number of amides is 1. The van der Waals surface area contributed by atoms with E-state index in [-0.39, 0.29) is 28.5 Å². The van der Waals surface area contributed by atoms with Crippen molar-refractivity contribution in [2.24, 2.45) is 0 Å². The normalized spacial score (nSPS) is 15.4. The lowest BCUT2D eigenvalue weighted by atomic mass is 10.0. The molecule has 40 heavy (non-hydrogen) atoms. The highest BCUT2D eigenvalue weighted by atomic mass is 19.4. The van der Waals surface area contributed by atoms with E-state index < -0.39 is 29.6 Å². The van der Waals surface area contributed by atoms with Crippen LogP contribution in [0.4, 0.5) is 17.6 Å². The van der Waals surface area contributed by atoms with Gasteiger partial charge in [0.1, 0.15) is 17.1 Å². The summed E-state index contributed by atoms with van der Waals surface area (Å²) in [4.78, 5) is 22.6. The Bertz CT molecular complexity index is 1620. The van der Waals surface area contributed by atoms with E-state index in [9.17, 15) is 22.4 Å². The van der Waals surface area contributed by atoms with Gasteiger partial charge in [-0.15, -0.1) is 0 Å². The number of nitrogens with zero attached hydrogens (tertiary/aromatic N) is 4. The average Bonchev–Trinajstić information content (AvgIpc) is 3.34. The van der Waals surface area contributed by atoms with Crippen molar-refractivity contribution in [1.29, 1.82) is 0 Å². The molecule has 4 aromatic rings. The number of ether oxygens (including phenoxy) is 2. The molecular formula is C29H24F4N4O3. The van der Waals surface area contributed by atoms with Crippen molar-refractivity contribution in [2.45, 2.75) is 38.4 Å². The Morgan fingerprint density at radius 1 is 1.10 bits per heavy atom. The van der Waals surface area contributed by atoms with Crippen molar-refractivity contribution >= 4 is 11.4 Å². The van der Waals surface area contributed by atoms with Gasteiger partial charge in [-0.05, 0) is 68.5 Å². The molecule has 0 radical (unpaired) electrons. The lowest BCUT2D eigenvalue weighted by Crippen LogP contribution is -2.38. The van der Waals surface area contributed by atoms with Crippen molar-refractivity contribution < 1.29 is 31.8 Å². The van der Waals surface area contributed by atoms with Gasteiger partial charge in [0.25, 0.3) is 5.91 Å². The van der Waals surface area contributed by atoms with Gasteiger partial charge in [-0.3, -0.25) is 9.20 Å². The molecule has 206 valence electrons. The van der Waals surface area contributed by atoms with Gasteiger partial charge in [-0.1, -0.05) is 12.0 Å². The van der Waals surface area contributed by atoms with E-state index in [1.807, 2.05) is 0 Å². The number of carbonyl (C=O) groups excluding carboxylic acids is 1.